The Bertz CT molecular complexity index is 1410. The summed E-state index contributed by atoms with van der Waals surface area (Å²) in [6.45, 7) is 1.41. The van der Waals surface area contributed by atoms with Crippen LogP contribution in [0.15, 0.2) is 77.3 Å². The Morgan fingerprint density at radius 2 is 1.69 bits per heavy atom. The lowest BCUT2D eigenvalue weighted by molar-refractivity contribution is -0.120. The molecule has 1 aromatic carbocycles. The number of nitrogens with zero attached hydrogens (tertiary/aromatic N) is 5. The lowest BCUT2D eigenvalue weighted by Crippen LogP contribution is -2.38. The van der Waals surface area contributed by atoms with E-state index >= 15 is 0 Å². The Kier molecular flexibility index (Phi) is 6.87. The second kappa shape index (κ2) is 10.4. The lowest BCUT2D eigenvalue weighted by atomic mass is 9.96. The summed E-state index contributed by atoms with van der Waals surface area (Å²) >= 11 is 1.63. The summed E-state index contributed by atoms with van der Waals surface area (Å²) in [6.07, 6.45) is 4.27. The molecule has 1 amide bonds. The van der Waals surface area contributed by atoms with Crippen LogP contribution < -0.4 is 14.9 Å². The molecule has 0 saturated carbocycles. The molecule has 0 aliphatic carbocycles. The van der Waals surface area contributed by atoms with Gasteiger partial charge in [-0.05, 0) is 66.8 Å². The van der Waals surface area contributed by atoms with Gasteiger partial charge in [-0.15, -0.1) is 21.5 Å². The van der Waals surface area contributed by atoms with Crippen molar-refractivity contribution in [3.63, 3.8) is 0 Å². The van der Waals surface area contributed by atoms with Crippen LogP contribution >= 0.6 is 11.3 Å². The molecule has 10 nitrogen and oxygen atoms in total. The molecule has 12 heteroatoms. The highest BCUT2D eigenvalue weighted by Crippen LogP contribution is 2.26. The summed E-state index contributed by atoms with van der Waals surface area (Å²) in [6, 6.07) is 15.5. The molecule has 4 aromatic rings. The van der Waals surface area contributed by atoms with Crippen molar-refractivity contribution in [3.05, 3.63) is 72.4 Å². The number of thiophene rings is 1. The predicted molar refractivity (Wildman–Crippen MR) is 138 cm³/mol. The maximum absolute atomic E-state index is 12.8. The number of piperidine rings is 1. The van der Waals surface area contributed by atoms with Crippen LogP contribution in [0.1, 0.15) is 12.8 Å². The third-order valence-corrected chi connectivity index (χ3v) is 8.07. The van der Waals surface area contributed by atoms with Crippen LogP contribution in [0.5, 0.6) is 0 Å². The molecule has 5 rings (SSSR count). The quantitative estimate of drug-likeness (QED) is 0.377. The molecule has 0 bridgehead atoms. The molecular weight excluding hydrogens is 498 g/mol. The van der Waals surface area contributed by atoms with E-state index in [0.29, 0.717) is 31.6 Å². The Labute approximate surface area is 212 Å². The van der Waals surface area contributed by atoms with E-state index in [2.05, 4.69) is 35.1 Å². The zero-order valence-electron chi connectivity index (χ0n) is 19.1. The molecular formula is C24H23N7O3S2. The number of anilines is 3. The first kappa shape index (κ1) is 23.8. The third kappa shape index (κ3) is 5.50. The molecule has 1 aliphatic heterocycles. The number of nitrogens with one attached hydrogen (secondary N) is 2. The highest BCUT2D eigenvalue weighted by molar-refractivity contribution is 7.92. The first-order valence-corrected chi connectivity index (χ1v) is 13.7. The van der Waals surface area contributed by atoms with Gasteiger partial charge in [-0.2, -0.15) is 0 Å². The second-order valence-corrected chi connectivity index (χ2v) is 10.8. The smallest absolute Gasteiger partial charge is 0.264 e. The summed E-state index contributed by atoms with van der Waals surface area (Å²) in [5.41, 5.74) is 1.39. The van der Waals surface area contributed by atoms with Crippen LogP contribution in [-0.4, -0.2) is 47.6 Å². The molecule has 1 aliphatic rings. The minimum atomic E-state index is -3.83. The normalized spacial score (nSPS) is 14.4. The van der Waals surface area contributed by atoms with E-state index in [4.69, 9.17) is 0 Å². The van der Waals surface area contributed by atoms with Crippen molar-refractivity contribution < 1.29 is 13.2 Å². The van der Waals surface area contributed by atoms with Gasteiger partial charge in [0.25, 0.3) is 10.0 Å². The van der Waals surface area contributed by atoms with Gasteiger partial charge in [-0.3, -0.25) is 4.79 Å². The Morgan fingerprint density at radius 1 is 0.944 bits per heavy atom. The SMILES string of the molecule is O=C(Nc1ccc(S(=O)(=O)Nc2ncccn2)cc1)C1CCN(c2ccc(-c3cccs3)nn2)CC1. The number of aromatic nitrogens is 4. The molecule has 184 valence electrons. The number of amides is 1. The van der Waals surface area contributed by atoms with E-state index in [0.717, 1.165) is 16.4 Å². The molecule has 0 radical (unpaired) electrons. The Morgan fingerprint density at radius 3 is 2.33 bits per heavy atom. The topological polar surface area (TPSA) is 130 Å². The van der Waals surface area contributed by atoms with E-state index in [1.165, 1.54) is 24.5 Å². The number of hydrogen-bond donors (Lipinski definition) is 2. The Hall–Kier alpha value is -3.90. The van der Waals surface area contributed by atoms with Crippen LogP contribution in [0, 0.1) is 5.92 Å². The summed E-state index contributed by atoms with van der Waals surface area (Å²) in [4.78, 5) is 23.8. The summed E-state index contributed by atoms with van der Waals surface area (Å²) < 4.78 is 27.4. The van der Waals surface area contributed by atoms with Gasteiger partial charge in [0.1, 0.15) is 5.69 Å². The number of carbonyl (C=O) groups is 1. The van der Waals surface area contributed by atoms with Crippen molar-refractivity contribution in [1.82, 2.24) is 20.2 Å². The van der Waals surface area contributed by atoms with Crippen molar-refractivity contribution in [2.75, 3.05) is 28.0 Å². The minimum Gasteiger partial charge on any atom is -0.355 e. The van der Waals surface area contributed by atoms with Gasteiger partial charge >= 0.3 is 0 Å². The highest BCUT2D eigenvalue weighted by atomic mass is 32.2. The minimum absolute atomic E-state index is 0.00865. The van der Waals surface area contributed by atoms with Crippen LogP contribution in [-0.2, 0) is 14.8 Å². The van der Waals surface area contributed by atoms with E-state index in [9.17, 15) is 13.2 Å². The van der Waals surface area contributed by atoms with Crippen LogP contribution in [0.25, 0.3) is 10.6 Å². The maximum atomic E-state index is 12.8. The molecule has 36 heavy (non-hydrogen) atoms. The largest absolute Gasteiger partial charge is 0.355 e. The standard InChI is InChI=1S/C24H23N7O3S2/c32-23(27-18-4-6-19(7-5-18)36(33,34)30-24-25-12-2-13-26-24)17-10-14-31(15-11-17)22-9-8-20(28-29-22)21-3-1-16-35-21/h1-9,12-13,16-17H,10-11,14-15H2,(H,27,32)(H,25,26,30). The first-order valence-electron chi connectivity index (χ1n) is 11.3. The van der Waals surface area contributed by atoms with Crippen molar-refractivity contribution in [2.24, 2.45) is 5.92 Å². The van der Waals surface area contributed by atoms with Gasteiger partial charge in [-0.1, -0.05) is 6.07 Å². The Balaban J connectivity index is 1.14. The molecule has 0 atom stereocenters. The highest BCUT2D eigenvalue weighted by Gasteiger charge is 2.26. The lowest BCUT2D eigenvalue weighted by Gasteiger charge is -2.31. The number of rotatable bonds is 7. The van der Waals surface area contributed by atoms with Crippen LogP contribution in [0.4, 0.5) is 17.5 Å². The number of sulfonamides is 1. The van der Waals surface area contributed by atoms with Gasteiger partial charge in [0, 0.05) is 37.1 Å². The fourth-order valence-electron chi connectivity index (χ4n) is 3.91. The van der Waals surface area contributed by atoms with Gasteiger partial charge in [-0.25, -0.2) is 23.1 Å². The van der Waals surface area contributed by atoms with E-state index < -0.39 is 10.0 Å². The second-order valence-electron chi connectivity index (χ2n) is 8.21. The molecule has 0 spiro atoms. The summed E-state index contributed by atoms with van der Waals surface area (Å²) in [5, 5.41) is 13.6. The zero-order chi connectivity index (χ0) is 25.0. The predicted octanol–water partition coefficient (Wildman–Crippen LogP) is 3.65. The van der Waals surface area contributed by atoms with Gasteiger partial charge in [0.2, 0.25) is 11.9 Å². The zero-order valence-corrected chi connectivity index (χ0v) is 20.7. The maximum Gasteiger partial charge on any atom is 0.264 e. The van der Waals surface area contributed by atoms with Gasteiger partial charge in [0.15, 0.2) is 5.82 Å². The number of benzene rings is 1. The molecule has 1 saturated heterocycles. The van der Waals surface area contributed by atoms with Crippen LogP contribution in [0.2, 0.25) is 0 Å². The summed E-state index contributed by atoms with van der Waals surface area (Å²) in [7, 11) is -3.83. The van der Waals surface area contributed by atoms with Gasteiger partial charge < -0.3 is 10.2 Å². The van der Waals surface area contributed by atoms with Crippen molar-refractivity contribution in [2.45, 2.75) is 17.7 Å². The average Bonchev–Trinajstić information content (AvgIpc) is 3.45. The molecule has 0 unspecified atom stereocenters. The summed E-state index contributed by atoms with van der Waals surface area (Å²) in [5.74, 6) is 0.575. The fourth-order valence-corrected chi connectivity index (χ4v) is 5.56. The van der Waals surface area contributed by atoms with Gasteiger partial charge in [0.05, 0.1) is 9.77 Å². The van der Waals surface area contributed by atoms with E-state index in [1.807, 2.05) is 29.6 Å². The van der Waals surface area contributed by atoms with Crippen molar-refractivity contribution in [1.29, 1.82) is 0 Å². The van der Waals surface area contributed by atoms with Crippen molar-refractivity contribution >= 4 is 44.7 Å². The number of hydrogen-bond acceptors (Lipinski definition) is 9. The first-order chi connectivity index (χ1) is 17.5. The molecule has 3 aromatic heterocycles. The molecule has 1 fully saturated rings. The monoisotopic (exact) mass is 521 g/mol. The molecule has 2 N–H and O–H groups in total. The van der Waals surface area contributed by atoms with Crippen LogP contribution in [0.3, 0.4) is 0 Å². The van der Waals surface area contributed by atoms with Crippen molar-refractivity contribution in [3.8, 4) is 10.6 Å². The fraction of sp³-hybridized carbons (Fsp3) is 0.208. The number of carbonyl (C=O) groups excluding carboxylic acids is 1. The molecule has 4 heterocycles. The van der Waals surface area contributed by atoms with E-state index in [-0.39, 0.29) is 22.7 Å². The third-order valence-electron chi connectivity index (χ3n) is 5.84. The average molecular weight is 522 g/mol. The van der Waals surface area contributed by atoms with E-state index in [1.54, 1.807) is 29.5 Å².